The fourth-order valence-corrected chi connectivity index (χ4v) is 1.88. The summed E-state index contributed by atoms with van der Waals surface area (Å²) < 4.78 is 0. The van der Waals surface area contributed by atoms with Crippen LogP contribution >= 0.6 is 0 Å². The molecular formula is C15H20N2O4. The third kappa shape index (κ3) is 4.91. The van der Waals surface area contributed by atoms with E-state index in [9.17, 15) is 14.4 Å². The minimum atomic E-state index is -1.07. The van der Waals surface area contributed by atoms with E-state index in [0.717, 1.165) is 0 Å². The van der Waals surface area contributed by atoms with Gasteiger partial charge < -0.3 is 15.7 Å². The second-order valence-electron chi connectivity index (χ2n) is 5.15. The quantitative estimate of drug-likeness (QED) is 0.736. The molecule has 0 aliphatic rings. The third-order valence-electron chi connectivity index (χ3n) is 2.92. The maximum atomic E-state index is 12.1. The average molecular weight is 292 g/mol. The molecule has 2 amide bonds. The van der Waals surface area contributed by atoms with Crippen LogP contribution in [-0.4, -0.2) is 36.0 Å². The lowest BCUT2D eigenvalue weighted by Gasteiger charge is -2.16. The average Bonchev–Trinajstić information content (AvgIpc) is 2.45. The van der Waals surface area contributed by atoms with Crippen LogP contribution in [0.5, 0.6) is 0 Å². The van der Waals surface area contributed by atoms with Crippen LogP contribution < -0.4 is 10.6 Å². The first kappa shape index (κ1) is 16.7. The number of nitrogens with one attached hydrogen (secondary N) is 2. The van der Waals surface area contributed by atoms with Gasteiger partial charge in [-0.05, 0) is 30.5 Å². The Morgan fingerprint density at radius 2 is 1.71 bits per heavy atom. The lowest BCUT2D eigenvalue weighted by atomic mass is 10.0. The number of benzene rings is 1. The summed E-state index contributed by atoms with van der Waals surface area (Å²) in [4.78, 5) is 34.8. The summed E-state index contributed by atoms with van der Waals surface area (Å²) in [5.41, 5.74) is 0.604. The van der Waals surface area contributed by atoms with Crippen molar-refractivity contribution in [3.63, 3.8) is 0 Å². The molecule has 0 fully saturated rings. The Bertz CT molecular complexity index is 540. The number of carboxylic acid groups (broad SMARTS) is 1. The largest absolute Gasteiger partial charge is 0.480 e. The van der Waals surface area contributed by atoms with Crippen molar-refractivity contribution in [2.24, 2.45) is 5.92 Å². The van der Waals surface area contributed by atoms with Gasteiger partial charge in [-0.2, -0.15) is 0 Å². The molecule has 0 radical (unpaired) electrons. The lowest BCUT2D eigenvalue weighted by Crippen LogP contribution is -2.41. The summed E-state index contributed by atoms with van der Waals surface area (Å²) in [6.07, 6.45) is 0.343. The minimum absolute atomic E-state index is 0.142. The molecule has 1 aromatic rings. The number of amides is 2. The fraction of sp³-hybridized carbons (Fsp3) is 0.400. The highest BCUT2D eigenvalue weighted by molar-refractivity contribution is 6.00. The summed E-state index contributed by atoms with van der Waals surface area (Å²) in [5, 5.41) is 14.1. The number of rotatable bonds is 6. The molecule has 114 valence electrons. The molecule has 0 bridgehead atoms. The zero-order chi connectivity index (χ0) is 16.0. The first-order valence-corrected chi connectivity index (χ1v) is 6.71. The fourth-order valence-electron chi connectivity index (χ4n) is 1.88. The first-order valence-electron chi connectivity index (χ1n) is 6.71. The van der Waals surface area contributed by atoms with Gasteiger partial charge in [0.25, 0.3) is 11.8 Å². The van der Waals surface area contributed by atoms with Gasteiger partial charge in [0.2, 0.25) is 0 Å². The van der Waals surface area contributed by atoms with Gasteiger partial charge in [0.1, 0.15) is 6.04 Å². The van der Waals surface area contributed by atoms with Crippen LogP contribution in [0.4, 0.5) is 0 Å². The van der Waals surface area contributed by atoms with Gasteiger partial charge in [-0.15, -0.1) is 0 Å². The lowest BCUT2D eigenvalue weighted by molar-refractivity contribution is -0.139. The van der Waals surface area contributed by atoms with E-state index >= 15 is 0 Å². The van der Waals surface area contributed by atoms with E-state index in [1.165, 1.54) is 19.2 Å². The van der Waals surface area contributed by atoms with Crippen molar-refractivity contribution in [1.29, 1.82) is 0 Å². The van der Waals surface area contributed by atoms with Gasteiger partial charge in [-0.1, -0.05) is 19.9 Å². The molecule has 0 unspecified atom stereocenters. The number of hydrogen-bond acceptors (Lipinski definition) is 3. The van der Waals surface area contributed by atoms with Crippen LogP contribution in [0, 0.1) is 5.92 Å². The number of carbonyl (C=O) groups is 3. The maximum absolute atomic E-state index is 12.1. The molecule has 6 nitrogen and oxygen atoms in total. The Balaban J connectivity index is 2.87. The molecule has 0 aliphatic heterocycles. The molecule has 0 saturated carbocycles. The Labute approximate surface area is 123 Å². The van der Waals surface area contributed by atoms with Crippen molar-refractivity contribution >= 4 is 17.8 Å². The monoisotopic (exact) mass is 292 g/mol. The number of carboxylic acids is 1. The van der Waals surface area contributed by atoms with Gasteiger partial charge >= 0.3 is 5.97 Å². The Kier molecular flexibility index (Phi) is 5.90. The number of carbonyl (C=O) groups excluding carboxylic acids is 2. The molecule has 0 aliphatic carbocycles. The maximum Gasteiger partial charge on any atom is 0.326 e. The molecule has 21 heavy (non-hydrogen) atoms. The molecule has 0 heterocycles. The van der Waals surface area contributed by atoms with Crippen LogP contribution in [0.2, 0.25) is 0 Å². The highest BCUT2D eigenvalue weighted by Gasteiger charge is 2.22. The van der Waals surface area contributed by atoms with Crippen LogP contribution in [-0.2, 0) is 4.79 Å². The van der Waals surface area contributed by atoms with E-state index < -0.39 is 17.9 Å². The van der Waals surface area contributed by atoms with Crippen molar-refractivity contribution in [2.75, 3.05) is 7.05 Å². The molecular weight excluding hydrogens is 272 g/mol. The summed E-state index contributed by atoms with van der Waals surface area (Å²) in [6, 6.07) is 5.19. The van der Waals surface area contributed by atoms with E-state index in [4.69, 9.17) is 5.11 Å². The van der Waals surface area contributed by atoms with E-state index in [2.05, 4.69) is 10.6 Å². The van der Waals surface area contributed by atoms with E-state index in [1.807, 2.05) is 13.8 Å². The first-order chi connectivity index (χ1) is 9.85. The second-order valence-corrected chi connectivity index (χ2v) is 5.15. The molecule has 0 saturated heterocycles. The molecule has 0 spiro atoms. The molecule has 1 rings (SSSR count). The van der Waals surface area contributed by atoms with Crippen LogP contribution in [0.25, 0.3) is 0 Å². The smallest absolute Gasteiger partial charge is 0.326 e. The van der Waals surface area contributed by atoms with Gasteiger partial charge in [-0.3, -0.25) is 9.59 Å². The highest BCUT2D eigenvalue weighted by Crippen LogP contribution is 2.09. The summed E-state index contributed by atoms with van der Waals surface area (Å²) in [7, 11) is 1.50. The van der Waals surface area contributed by atoms with Crippen LogP contribution in [0.1, 0.15) is 41.0 Å². The number of hydrogen-bond donors (Lipinski definition) is 3. The van der Waals surface area contributed by atoms with Gasteiger partial charge in [0.15, 0.2) is 0 Å². The third-order valence-corrected chi connectivity index (χ3v) is 2.92. The Hall–Kier alpha value is -2.37. The van der Waals surface area contributed by atoms with Crippen molar-refractivity contribution in [3.05, 3.63) is 35.4 Å². The zero-order valence-electron chi connectivity index (χ0n) is 12.3. The molecule has 0 aromatic heterocycles. The van der Waals surface area contributed by atoms with Crippen molar-refractivity contribution in [1.82, 2.24) is 10.6 Å². The molecule has 6 heteroatoms. The Morgan fingerprint density at radius 1 is 1.14 bits per heavy atom. The van der Waals surface area contributed by atoms with E-state index in [0.29, 0.717) is 12.0 Å². The van der Waals surface area contributed by atoms with Crippen LogP contribution in [0.15, 0.2) is 24.3 Å². The van der Waals surface area contributed by atoms with E-state index in [-0.39, 0.29) is 17.4 Å². The van der Waals surface area contributed by atoms with Gasteiger partial charge in [0.05, 0.1) is 0 Å². The molecule has 1 aromatic carbocycles. The van der Waals surface area contributed by atoms with Crippen molar-refractivity contribution in [3.8, 4) is 0 Å². The summed E-state index contributed by atoms with van der Waals surface area (Å²) in [5.74, 6) is -1.74. The SMILES string of the molecule is CNC(=O)c1cccc(C(=O)N[C@@H](CC(C)C)C(=O)O)c1. The summed E-state index contributed by atoms with van der Waals surface area (Å²) >= 11 is 0. The van der Waals surface area contributed by atoms with Gasteiger partial charge in [0, 0.05) is 18.2 Å². The molecule has 3 N–H and O–H groups in total. The van der Waals surface area contributed by atoms with Crippen molar-refractivity contribution < 1.29 is 19.5 Å². The second kappa shape index (κ2) is 7.42. The normalized spacial score (nSPS) is 11.8. The van der Waals surface area contributed by atoms with Gasteiger partial charge in [-0.25, -0.2) is 4.79 Å². The predicted molar refractivity (Wildman–Crippen MR) is 78.2 cm³/mol. The van der Waals surface area contributed by atoms with Crippen LogP contribution in [0.3, 0.4) is 0 Å². The highest BCUT2D eigenvalue weighted by atomic mass is 16.4. The predicted octanol–water partition coefficient (Wildman–Crippen LogP) is 1.28. The van der Waals surface area contributed by atoms with E-state index in [1.54, 1.807) is 12.1 Å². The van der Waals surface area contributed by atoms with Crippen molar-refractivity contribution in [2.45, 2.75) is 26.3 Å². The zero-order valence-corrected chi connectivity index (χ0v) is 12.3. The summed E-state index contributed by atoms with van der Waals surface area (Å²) in [6.45, 7) is 3.77. The molecule has 1 atom stereocenters. The number of aliphatic carboxylic acids is 1. The minimum Gasteiger partial charge on any atom is -0.480 e. The standard InChI is InChI=1S/C15H20N2O4/c1-9(2)7-12(15(20)21)17-14(19)11-6-4-5-10(8-11)13(18)16-3/h4-6,8-9,12H,7H2,1-3H3,(H,16,18)(H,17,19)(H,20,21)/t12-/m0/s1. The topological polar surface area (TPSA) is 95.5 Å². The Morgan fingerprint density at radius 3 is 2.19 bits per heavy atom.